The largest absolute Gasteiger partial charge is 0.299 e. The Kier molecular flexibility index (Phi) is 3.02. The molecule has 17 heavy (non-hydrogen) atoms. The van der Waals surface area contributed by atoms with Gasteiger partial charge >= 0.3 is 0 Å². The zero-order valence-electron chi connectivity index (χ0n) is 10.1. The number of hydrogen-bond acceptors (Lipinski definition) is 1. The summed E-state index contributed by atoms with van der Waals surface area (Å²) in [6.45, 7) is 3.85. The van der Waals surface area contributed by atoms with Gasteiger partial charge in [0, 0.05) is 17.4 Å². The van der Waals surface area contributed by atoms with E-state index in [1.807, 2.05) is 13.8 Å². The topological polar surface area (TPSA) is 17.1 Å². The van der Waals surface area contributed by atoms with Crippen LogP contribution in [-0.2, 0) is 11.2 Å². The fraction of sp³-hybridized carbons (Fsp3) is 0.500. The molecule has 1 aliphatic rings. The van der Waals surface area contributed by atoms with Crippen molar-refractivity contribution in [1.29, 1.82) is 0 Å². The van der Waals surface area contributed by atoms with Crippen LogP contribution in [-0.4, -0.2) is 5.78 Å². The first-order valence-corrected chi connectivity index (χ1v) is 5.88. The number of halogens is 2. The minimum atomic E-state index is -0.579. The molecule has 2 rings (SSSR count). The average Bonchev–Trinajstić information content (AvgIpc) is 2.49. The average molecular weight is 238 g/mol. The van der Waals surface area contributed by atoms with Crippen molar-refractivity contribution in [3.05, 3.63) is 35.4 Å². The number of ketones is 1. The second-order valence-corrected chi connectivity index (χ2v) is 5.42. The summed E-state index contributed by atoms with van der Waals surface area (Å²) in [6, 6.07) is 3.55. The predicted molar refractivity (Wildman–Crippen MR) is 61.6 cm³/mol. The van der Waals surface area contributed by atoms with Crippen LogP contribution < -0.4 is 0 Å². The number of rotatable bonds is 2. The van der Waals surface area contributed by atoms with E-state index < -0.39 is 11.6 Å². The van der Waals surface area contributed by atoms with E-state index in [4.69, 9.17) is 0 Å². The number of benzene rings is 1. The molecule has 0 heterocycles. The van der Waals surface area contributed by atoms with Crippen LogP contribution in [0.4, 0.5) is 8.78 Å². The number of carbonyl (C=O) groups is 1. The van der Waals surface area contributed by atoms with E-state index in [0.717, 1.165) is 18.9 Å². The number of carbonyl (C=O) groups excluding carboxylic acids is 1. The summed E-state index contributed by atoms with van der Waals surface area (Å²) >= 11 is 0. The summed E-state index contributed by atoms with van der Waals surface area (Å²) in [5.41, 5.74) is 0.142. The van der Waals surface area contributed by atoms with Crippen molar-refractivity contribution in [2.24, 2.45) is 11.3 Å². The van der Waals surface area contributed by atoms with Gasteiger partial charge in [0.15, 0.2) is 0 Å². The van der Waals surface area contributed by atoms with Crippen molar-refractivity contribution in [2.45, 2.75) is 33.1 Å². The van der Waals surface area contributed by atoms with E-state index in [1.54, 1.807) is 0 Å². The monoisotopic (exact) mass is 238 g/mol. The molecule has 0 aliphatic heterocycles. The first kappa shape index (κ1) is 12.2. The summed E-state index contributed by atoms with van der Waals surface area (Å²) in [6.07, 6.45) is 2.02. The molecule has 1 aromatic carbocycles. The molecule has 3 heteroatoms. The molecular weight excluding hydrogens is 222 g/mol. The van der Waals surface area contributed by atoms with Crippen LogP contribution >= 0.6 is 0 Å². The van der Waals surface area contributed by atoms with Gasteiger partial charge in [-0.1, -0.05) is 19.9 Å². The van der Waals surface area contributed by atoms with Crippen molar-refractivity contribution >= 4 is 5.78 Å². The van der Waals surface area contributed by atoms with Crippen LogP contribution in [0.25, 0.3) is 0 Å². The lowest BCUT2D eigenvalue weighted by Gasteiger charge is -2.16. The molecule has 1 nitrogen and oxygen atoms in total. The Labute approximate surface area is 99.8 Å². The molecule has 0 saturated heterocycles. The summed E-state index contributed by atoms with van der Waals surface area (Å²) < 4.78 is 26.2. The lowest BCUT2D eigenvalue weighted by molar-refractivity contribution is -0.127. The highest BCUT2D eigenvalue weighted by molar-refractivity contribution is 5.88. The van der Waals surface area contributed by atoms with Crippen LogP contribution in [0.1, 0.15) is 32.3 Å². The fourth-order valence-electron chi connectivity index (χ4n) is 2.49. The van der Waals surface area contributed by atoms with Gasteiger partial charge in [-0.2, -0.15) is 0 Å². The fourth-order valence-corrected chi connectivity index (χ4v) is 2.49. The highest BCUT2D eigenvalue weighted by Crippen LogP contribution is 2.39. The maximum atomic E-state index is 13.5. The molecule has 1 atom stereocenters. The lowest BCUT2D eigenvalue weighted by Crippen LogP contribution is -2.23. The Morgan fingerprint density at radius 2 is 2.06 bits per heavy atom. The Morgan fingerprint density at radius 3 is 2.59 bits per heavy atom. The zero-order chi connectivity index (χ0) is 12.6. The summed E-state index contributed by atoms with van der Waals surface area (Å²) in [5.74, 6) is -1.06. The highest BCUT2D eigenvalue weighted by atomic mass is 19.1. The van der Waals surface area contributed by atoms with E-state index in [-0.39, 0.29) is 17.1 Å². The Hall–Kier alpha value is -1.25. The molecule has 1 aromatic rings. The normalized spacial score (nSPS) is 23.1. The molecule has 1 unspecified atom stereocenters. The van der Waals surface area contributed by atoms with Gasteiger partial charge in [-0.05, 0) is 30.9 Å². The van der Waals surface area contributed by atoms with E-state index in [0.29, 0.717) is 12.0 Å². The molecule has 1 fully saturated rings. The van der Waals surface area contributed by atoms with Crippen LogP contribution in [0.3, 0.4) is 0 Å². The molecule has 1 aliphatic carbocycles. The number of hydrogen-bond donors (Lipinski definition) is 0. The zero-order valence-corrected chi connectivity index (χ0v) is 10.1. The van der Waals surface area contributed by atoms with E-state index in [1.165, 1.54) is 12.1 Å². The van der Waals surface area contributed by atoms with Gasteiger partial charge in [-0.25, -0.2) is 8.78 Å². The molecule has 0 aromatic heterocycles. The van der Waals surface area contributed by atoms with Crippen LogP contribution in [0, 0.1) is 23.0 Å². The Balaban J connectivity index is 2.15. The predicted octanol–water partition coefficient (Wildman–Crippen LogP) is 3.51. The van der Waals surface area contributed by atoms with Gasteiger partial charge in [-0.15, -0.1) is 0 Å². The van der Waals surface area contributed by atoms with E-state index in [9.17, 15) is 13.6 Å². The third kappa shape index (κ3) is 2.38. The lowest BCUT2D eigenvalue weighted by atomic mass is 9.87. The molecule has 0 radical (unpaired) electrons. The van der Waals surface area contributed by atoms with Gasteiger partial charge in [0.25, 0.3) is 0 Å². The maximum Gasteiger partial charge on any atom is 0.141 e. The van der Waals surface area contributed by atoms with Crippen molar-refractivity contribution in [3.63, 3.8) is 0 Å². The highest BCUT2D eigenvalue weighted by Gasteiger charge is 2.40. The van der Waals surface area contributed by atoms with Gasteiger partial charge in [-0.3, -0.25) is 4.79 Å². The van der Waals surface area contributed by atoms with Crippen molar-refractivity contribution in [2.75, 3.05) is 0 Å². The van der Waals surface area contributed by atoms with Gasteiger partial charge < -0.3 is 0 Å². The van der Waals surface area contributed by atoms with E-state index >= 15 is 0 Å². The molecular formula is C14H16F2O. The second-order valence-electron chi connectivity index (χ2n) is 5.42. The number of Topliss-reactive ketones (excluding diaryl/α,β-unsaturated/α-hetero) is 1. The molecule has 1 saturated carbocycles. The molecule has 92 valence electrons. The maximum absolute atomic E-state index is 13.5. The minimum absolute atomic E-state index is 0.120. The van der Waals surface area contributed by atoms with Crippen molar-refractivity contribution in [3.8, 4) is 0 Å². The first-order valence-electron chi connectivity index (χ1n) is 5.88. The third-order valence-corrected chi connectivity index (χ3v) is 3.64. The van der Waals surface area contributed by atoms with Gasteiger partial charge in [0.2, 0.25) is 0 Å². The second kappa shape index (κ2) is 4.21. The molecule has 0 bridgehead atoms. The summed E-state index contributed by atoms with van der Waals surface area (Å²) in [7, 11) is 0. The van der Waals surface area contributed by atoms with E-state index in [2.05, 4.69) is 0 Å². The van der Waals surface area contributed by atoms with Crippen LogP contribution in [0.2, 0.25) is 0 Å². The van der Waals surface area contributed by atoms with Crippen molar-refractivity contribution < 1.29 is 13.6 Å². The molecule has 0 spiro atoms. The molecule has 0 N–H and O–H groups in total. The Bertz CT molecular complexity index is 452. The summed E-state index contributed by atoms with van der Waals surface area (Å²) in [4.78, 5) is 12.0. The summed E-state index contributed by atoms with van der Waals surface area (Å²) in [5, 5.41) is 0. The van der Waals surface area contributed by atoms with Crippen LogP contribution in [0.15, 0.2) is 18.2 Å². The Morgan fingerprint density at radius 1 is 1.35 bits per heavy atom. The third-order valence-electron chi connectivity index (χ3n) is 3.64. The van der Waals surface area contributed by atoms with Gasteiger partial charge in [0.1, 0.15) is 17.4 Å². The SMILES string of the molecule is CC1(C)CCC(Cc2ccc(F)cc2F)C1=O. The van der Waals surface area contributed by atoms with Gasteiger partial charge in [0.05, 0.1) is 0 Å². The first-order chi connectivity index (χ1) is 7.90. The smallest absolute Gasteiger partial charge is 0.141 e. The quantitative estimate of drug-likeness (QED) is 0.770. The minimum Gasteiger partial charge on any atom is -0.299 e. The van der Waals surface area contributed by atoms with Crippen molar-refractivity contribution in [1.82, 2.24) is 0 Å². The van der Waals surface area contributed by atoms with Crippen LogP contribution in [0.5, 0.6) is 0 Å². The standard InChI is InChI=1S/C14H16F2O/c1-14(2)6-5-10(13(14)17)7-9-3-4-11(15)8-12(9)16/h3-4,8,10H,5-7H2,1-2H3. The molecule has 0 amide bonds.